The molecule has 2 aromatic carbocycles. The largest absolute Gasteiger partial charge is 0.326 e. The highest BCUT2D eigenvalue weighted by Crippen LogP contribution is 2.53. The minimum atomic E-state index is -1.55. The maximum Gasteiger partial charge on any atom is 0.285 e. The summed E-state index contributed by atoms with van der Waals surface area (Å²) in [6.07, 6.45) is 16.3. The zero-order chi connectivity index (χ0) is 30.0. The summed E-state index contributed by atoms with van der Waals surface area (Å²) >= 11 is 0. The third kappa shape index (κ3) is 6.55. The first-order chi connectivity index (χ1) is 20.8. The molecule has 0 amide bonds. The van der Waals surface area contributed by atoms with Crippen LogP contribution in [0.25, 0.3) is 11.1 Å². The molecular weight excluding hydrogens is 556 g/mol. The topological polar surface area (TPSA) is 27.7 Å². The van der Waals surface area contributed by atoms with Crippen LogP contribution in [0.4, 0.5) is 17.6 Å². The van der Waals surface area contributed by atoms with E-state index in [1.807, 2.05) is 0 Å². The van der Waals surface area contributed by atoms with Gasteiger partial charge in [0.2, 0.25) is 0 Å². The zero-order valence-corrected chi connectivity index (χ0v) is 25.5. The lowest BCUT2D eigenvalue weighted by Gasteiger charge is -2.58. The van der Waals surface area contributed by atoms with Gasteiger partial charge in [0.25, 0.3) is 5.97 Å². The number of rotatable bonds is 10. The van der Waals surface area contributed by atoms with E-state index in [0.29, 0.717) is 11.8 Å². The fourth-order valence-corrected chi connectivity index (χ4v) is 8.27. The van der Waals surface area contributed by atoms with Crippen molar-refractivity contribution in [3.8, 4) is 11.1 Å². The van der Waals surface area contributed by atoms with Crippen molar-refractivity contribution in [1.82, 2.24) is 0 Å². The molecule has 0 spiro atoms. The van der Waals surface area contributed by atoms with Crippen molar-refractivity contribution in [2.75, 3.05) is 19.8 Å². The Morgan fingerprint density at radius 2 is 1.26 bits per heavy atom. The van der Waals surface area contributed by atoms with E-state index in [0.717, 1.165) is 82.0 Å². The summed E-state index contributed by atoms with van der Waals surface area (Å²) in [7, 11) is 0. The van der Waals surface area contributed by atoms with Crippen molar-refractivity contribution in [2.24, 2.45) is 29.1 Å². The van der Waals surface area contributed by atoms with Gasteiger partial charge in [-0.2, -0.15) is 0 Å². The van der Waals surface area contributed by atoms with E-state index in [2.05, 4.69) is 6.92 Å². The van der Waals surface area contributed by atoms with Crippen LogP contribution >= 0.6 is 0 Å². The summed E-state index contributed by atoms with van der Waals surface area (Å²) in [6.45, 7) is 4.51. The second-order valence-electron chi connectivity index (χ2n) is 13.9. The van der Waals surface area contributed by atoms with Crippen molar-refractivity contribution < 1.29 is 31.8 Å². The van der Waals surface area contributed by atoms with Crippen molar-refractivity contribution in [2.45, 2.75) is 103 Å². The number of hydrogen-bond donors (Lipinski definition) is 0. The molecule has 3 heterocycles. The Morgan fingerprint density at radius 3 is 1.84 bits per heavy atom. The standard InChI is InChI=1S/C36H46F4O3/c1-2-3-4-5-24-8-13-28(14-9-24)35-21-41-36(42-22-35,43-23-35)29-15-10-25(11-16-29)6-7-26-12-17-30(31(37)18-26)27-19-32(38)34(40)33(39)20-27/h12,17-20,24-25,28-29H,2-11,13-16,21-23H2,1H3. The lowest BCUT2D eigenvalue weighted by atomic mass is 9.66. The van der Waals surface area contributed by atoms with Gasteiger partial charge in [-0.15, -0.1) is 0 Å². The predicted molar refractivity (Wildman–Crippen MR) is 158 cm³/mol. The molecule has 0 radical (unpaired) electrons. The van der Waals surface area contributed by atoms with Crippen molar-refractivity contribution in [1.29, 1.82) is 0 Å². The number of benzene rings is 2. The fourth-order valence-electron chi connectivity index (χ4n) is 8.27. The maximum absolute atomic E-state index is 14.8. The van der Waals surface area contributed by atoms with Gasteiger partial charge in [-0.05, 0) is 98.4 Å². The number of ether oxygens (including phenoxy) is 3. The number of aryl methyl sites for hydroxylation is 1. The van der Waals surface area contributed by atoms with Gasteiger partial charge in [0.15, 0.2) is 17.5 Å². The minimum absolute atomic E-state index is 0.0111. The summed E-state index contributed by atoms with van der Waals surface area (Å²) < 4.78 is 74.8. The highest BCUT2D eigenvalue weighted by atomic mass is 19.2. The fraction of sp³-hybridized carbons (Fsp3) is 0.667. The van der Waals surface area contributed by atoms with Crippen LogP contribution in [0.2, 0.25) is 0 Å². The first-order valence-corrected chi connectivity index (χ1v) is 16.7. The highest BCUT2D eigenvalue weighted by molar-refractivity contribution is 5.64. The second-order valence-corrected chi connectivity index (χ2v) is 13.9. The predicted octanol–water partition coefficient (Wildman–Crippen LogP) is 9.75. The Hall–Kier alpha value is -1.96. The third-order valence-electron chi connectivity index (χ3n) is 11.1. The Kier molecular flexibility index (Phi) is 9.52. The quantitative estimate of drug-likeness (QED) is 0.154. The van der Waals surface area contributed by atoms with Crippen LogP contribution in [0.3, 0.4) is 0 Å². The van der Waals surface area contributed by atoms with E-state index in [-0.39, 0.29) is 22.5 Å². The van der Waals surface area contributed by atoms with Crippen LogP contribution in [0.15, 0.2) is 30.3 Å². The molecular formula is C36H46F4O3. The molecule has 236 valence electrons. The van der Waals surface area contributed by atoms with Crippen LogP contribution < -0.4 is 0 Å². The molecule has 7 rings (SSSR count). The highest BCUT2D eigenvalue weighted by Gasteiger charge is 2.59. The number of halogens is 4. The second kappa shape index (κ2) is 13.2. The van der Waals surface area contributed by atoms with Crippen molar-refractivity contribution in [3.63, 3.8) is 0 Å². The smallest absolute Gasteiger partial charge is 0.285 e. The molecule has 2 aromatic rings. The third-order valence-corrected chi connectivity index (χ3v) is 11.1. The molecule has 2 aliphatic carbocycles. The maximum atomic E-state index is 14.8. The van der Waals surface area contributed by atoms with Gasteiger partial charge in [0.05, 0.1) is 19.8 Å². The molecule has 2 saturated carbocycles. The van der Waals surface area contributed by atoms with E-state index in [1.165, 1.54) is 63.5 Å². The van der Waals surface area contributed by atoms with E-state index >= 15 is 0 Å². The summed E-state index contributed by atoms with van der Waals surface area (Å²) in [5.41, 5.74) is 0.890. The van der Waals surface area contributed by atoms with Crippen molar-refractivity contribution >= 4 is 0 Å². The summed E-state index contributed by atoms with van der Waals surface area (Å²) in [5, 5.41) is 0. The normalized spacial score (nSPS) is 32.7. The molecule has 2 bridgehead atoms. The summed E-state index contributed by atoms with van der Waals surface area (Å²) in [6, 6.07) is 6.37. The number of unbranched alkanes of at least 4 members (excludes halogenated alkanes) is 2. The zero-order valence-electron chi connectivity index (χ0n) is 25.5. The summed E-state index contributed by atoms with van der Waals surface area (Å²) in [5.74, 6) is -3.40. The first kappa shape index (κ1) is 31.0. The minimum Gasteiger partial charge on any atom is -0.326 e. The molecule has 5 aliphatic rings. The van der Waals surface area contributed by atoms with Crippen LogP contribution in [0, 0.1) is 52.4 Å². The SMILES string of the molecule is CCCCCC1CCC(C23COC(C4CCC(CCc5ccc(-c6cc(F)c(F)c(F)c6)c(F)c5)CC4)(OC2)OC3)CC1. The van der Waals surface area contributed by atoms with Crippen molar-refractivity contribution in [3.05, 3.63) is 59.2 Å². The average molecular weight is 603 g/mol. The monoisotopic (exact) mass is 602 g/mol. The first-order valence-electron chi connectivity index (χ1n) is 16.7. The van der Waals surface area contributed by atoms with Gasteiger partial charge in [0, 0.05) is 16.9 Å². The number of fused-ring (bicyclic) bond motifs is 3. The van der Waals surface area contributed by atoms with E-state index in [4.69, 9.17) is 14.2 Å². The molecule has 5 fully saturated rings. The molecule has 0 aromatic heterocycles. The Labute approximate surface area is 253 Å². The lowest BCUT2D eigenvalue weighted by molar-refractivity contribution is -0.493. The summed E-state index contributed by atoms with van der Waals surface area (Å²) in [4.78, 5) is 0. The van der Waals surface area contributed by atoms with Crippen LogP contribution in [-0.2, 0) is 20.6 Å². The molecule has 0 atom stereocenters. The molecule has 0 N–H and O–H groups in total. The Morgan fingerprint density at radius 1 is 0.674 bits per heavy atom. The van der Waals surface area contributed by atoms with Gasteiger partial charge < -0.3 is 14.2 Å². The van der Waals surface area contributed by atoms with Crippen LogP contribution in [-0.4, -0.2) is 25.8 Å². The van der Waals surface area contributed by atoms with E-state index < -0.39 is 29.2 Å². The van der Waals surface area contributed by atoms with E-state index in [9.17, 15) is 17.6 Å². The van der Waals surface area contributed by atoms with E-state index in [1.54, 1.807) is 6.07 Å². The van der Waals surface area contributed by atoms with Crippen LogP contribution in [0.1, 0.15) is 96.0 Å². The Balaban J connectivity index is 0.959. The van der Waals surface area contributed by atoms with Gasteiger partial charge >= 0.3 is 0 Å². The molecule has 0 unspecified atom stereocenters. The molecule has 3 saturated heterocycles. The molecule has 7 heteroatoms. The number of hydrogen-bond acceptors (Lipinski definition) is 3. The van der Waals surface area contributed by atoms with Gasteiger partial charge in [-0.3, -0.25) is 0 Å². The average Bonchev–Trinajstić information content (AvgIpc) is 3.04. The molecule has 43 heavy (non-hydrogen) atoms. The lowest BCUT2D eigenvalue weighted by Crippen LogP contribution is -2.65. The van der Waals surface area contributed by atoms with Gasteiger partial charge in [0.1, 0.15) is 5.82 Å². The molecule has 3 nitrogen and oxygen atoms in total. The Bertz CT molecular complexity index is 1200. The van der Waals surface area contributed by atoms with Crippen LogP contribution in [0.5, 0.6) is 0 Å². The van der Waals surface area contributed by atoms with Gasteiger partial charge in [-0.1, -0.05) is 57.6 Å². The molecule has 3 aliphatic heterocycles. The van der Waals surface area contributed by atoms with Gasteiger partial charge in [-0.25, -0.2) is 17.6 Å².